The molecule has 0 spiro atoms. The number of aromatic nitrogens is 1. The van der Waals surface area contributed by atoms with Gasteiger partial charge in [-0.1, -0.05) is 70.5 Å². The molecule has 3 aromatic carbocycles. The van der Waals surface area contributed by atoms with Crippen molar-refractivity contribution < 1.29 is 8.42 Å². The highest BCUT2D eigenvalue weighted by Gasteiger charge is 2.33. The van der Waals surface area contributed by atoms with Crippen molar-refractivity contribution in [2.24, 2.45) is 0 Å². The van der Waals surface area contributed by atoms with Crippen LogP contribution in [0, 0.1) is 0 Å². The van der Waals surface area contributed by atoms with Gasteiger partial charge in [-0.25, -0.2) is 8.42 Å². The molecule has 0 saturated heterocycles. The van der Waals surface area contributed by atoms with Crippen molar-refractivity contribution in [1.82, 2.24) is 9.29 Å². The minimum Gasteiger partial charge on any atom is -0.361 e. The second-order valence-corrected chi connectivity index (χ2v) is 10.0. The Bertz CT molecular complexity index is 1440. The number of rotatable bonds is 4. The van der Waals surface area contributed by atoms with Crippen molar-refractivity contribution in [2.45, 2.75) is 6.04 Å². The van der Waals surface area contributed by atoms with Crippen LogP contribution in [0.15, 0.2) is 95.1 Å². The number of H-pyrrole nitrogens is 1. The van der Waals surface area contributed by atoms with E-state index in [1.54, 1.807) is 12.3 Å². The third kappa shape index (κ3) is 3.73. The zero-order valence-corrected chi connectivity index (χ0v) is 18.8. The lowest BCUT2D eigenvalue weighted by Crippen LogP contribution is -2.31. The van der Waals surface area contributed by atoms with E-state index < -0.39 is 16.1 Å². The summed E-state index contributed by atoms with van der Waals surface area (Å²) in [5, 5.41) is 2.28. The van der Waals surface area contributed by atoms with Gasteiger partial charge in [-0.2, -0.15) is 0 Å². The third-order valence-corrected chi connectivity index (χ3v) is 7.33. The second-order valence-electron chi connectivity index (χ2n) is 7.37. The highest BCUT2D eigenvalue weighted by Crippen LogP contribution is 2.40. The first-order valence-corrected chi connectivity index (χ1v) is 12.1. The number of aromatic amines is 1. The molecule has 0 saturated carbocycles. The molecular weight excluding hydrogens is 472 g/mol. The molecule has 0 radical (unpaired) electrons. The third-order valence-electron chi connectivity index (χ3n) is 5.44. The molecule has 5 rings (SSSR count). The fraction of sp³-hybridized carbons (Fsp3) is 0.0400. The number of hydrogen-bond acceptors (Lipinski definition) is 2. The van der Waals surface area contributed by atoms with Crippen LogP contribution in [0.3, 0.4) is 0 Å². The Labute approximate surface area is 189 Å². The predicted molar refractivity (Wildman–Crippen MR) is 130 cm³/mol. The molecule has 0 amide bonds. The molecular formula is C25H19BrN2O2S. The zero-order chi connectivity index (χ0) is 21.4. The van der Waals surface area contributed by atoms with Crippen molar-refractivity contribution in [3.63, 3.8) is 0 Å². The van der Waals surface area contributed by atoms with Gasteiger partial charge in [-0.05, 0) is 47.0 Å². The number of hydrogen-bond donors (Lipinski definition) is 1. The minimum atomic E-state index is -3.74. The molecule has 6 heteroatoms. The molecule has 0 fully saturated rings. The zero-order valence-electron chi connectivity index (χ0n) is 16.4. The summed E-state index contributed by atoms with van der Waals surface area (Å²) in [6.45, 7) is 0. The van der Waals surface area contributed by atoms with Gasteiger partial charge in [0.15, 0.2) is 0 Å². The lowest BCUT2D eigenvalue weighted by molar-refractivity contribution is 0.456. The van der Waals surface area contributed by atoms with Crippen molar-refractivity contribution in [2.75, 3.05) is 0 Å². The van der Waals surface area contributed by atoms with Gasteiger partial charge in [0.2, 0.25) is 0 Å². The number of para-hydroxylation sites is 1. The van der Waals surface area contributed by atoms with E-state index in [1.165, 1.54) is 9.71 Å². The van der Waals surface area contributed by atoms with E-state index in [-0.39, 0.29) is 0 Å². The van der Waals surface area contributed by atoms with Crippen LogP contribution in [0.5, 0.6) is 0 Å². The highest BCUT2D eigenvalue weighted by molar-refractivity contribution is 9.10. The maximum atomic E-state index is 13.5. The maximum Gasteiger partial charge on any atom is 0.257 e. The number of nitrogens with zero attached hydrogens (tertiary/aromatic N) is 1. The van der Waals surface area contributed by atoms with Gasteiger partial charge in [0.1, 0.15) is 0 Å². The average Bonchev–Trinajstić information content (AvgIpc) is 3.21. The highest BCUT2D eigenvalue weighted by atomic mass is 79.9. The number of benzene rings is 3. The van der Waals surface area contributed by atoms with Crippen molar-refractivity contribution >= 4 is 49.0 Å². The van der Waals surface area contributed by atoms with Gasteiger partial charge in [0.25, 0.3) is 10.0 Å². The Balaban J connectivity index is 1.63. The Morgan fingerprint density at radius 3 is 2.61 bits per heavy atom. The molecule has 4 aromatic rings. The molecule has 1 unspecified atom stereocenters. The van der Waals surface area contributed by atoms with E-state index >= 15 is 0 Å². The molecule has 1 N–H and O–H groups in total. The molecule has 0 bridgehead atoms. The summed E-state index contributed by atoms with van der Waals surface area (Å²) in [5.41, 5.74) is 4.68. The van der Waals surface area contributed by atoms with Gasteiger partial charge >= 0.3 is 0 Å². The van der Waals surface area contributed by atoms with E-state index in [4.69, 9.17) is 0 Å². The molecule has 1 aliphatic heterocycles. The second kappa shape index (κ2) is 7.87. The minimum absolute atomic E-state index is 0.463. The number of nitrogens with one attached hydrogen (secondary N) is 1. The van der Waals surface area contributed by atoms with Gasteiger partial charge < -0.3 is 4.98 Å². The Morgan fingerprint density at radius 2 is 1.74 bits per heavy atom. The standard InChI is InChI=1S/C25H19BrN2O2S/c26-20-8-5-6-18(16-20)13-15-31(29,30)28-14-12-19-7-1-2-9-21(19)25(28)23-17-27-24-11-4-3-10-22(23)24/h1-17,25,27H/b15-13+. The maximum absolute atomic E-state index is 13.5. The summed E-state index contributed by atoms with van der Waals surface area (Å²) < 4.78 is 29.3. The predicted octanol–water partition coefficient (Wildman–Crippen LogP) is 6.31. The van der Waals surface area contributed by atoms with Crippen LogP contribution in [-0.4, -0.2) is 17.7 Å². The summed E-state index contributed by atoms with van der Waals surface area (Å²) in [4.78, 5) is 3.28. The number of fused-ring (bicyclic) bond motifs is 2. The van der Waals surface area contributed by atoms with Crippen LogP contribution in [-0.2, 0) is 10.0 Å². The van der Waals surface area contributed by atoms with Crippen LogP contribution in [0.1, 0.15) is 28.3 Å². The van der Waals surface area contributed by atoms with Crippen LogP contribution >= 0.6 is 15.9 Å². The molecule has 0 aliphatic carbocycles. The number of halogens is 1. The van der Waals surface area contributed by atoms with Crippen molar-refractivity contribution in [3.8, 4) is 0 Å². The van der Waals surface area contributed by atoms with Gasteiger partial charge in [-0.3, -0.25) is 4.31 Å². The van der Waals surface area contributed by atoms with Crippen LogP contribution in [0.2, 0.25) is 0 Å². The van der Waals surface area contributed by atoms with E-state index in [0.29, 0.717) is 0 Å². The first kappa shape index (κ1) is 19.8. The molecule has 1 aromatic heterocycles. The van der Waals surface area contributed by atoms with E-state index in [1.807, 2.05) is 85.1 Å². The SMILES string of the molecule is O=S(=O)(/C=C/c1cccc(Br)c1)N1C=Cc2ccccc2C1c1c[nH]c2ccccc12. The summed E-state index contributed by atoms with van der Waals surface area (Å²) in [5.74, 6) is 0. The summed E-state index contributed by atoms with van der Waals surface area (Å²) >= 11 is 3.43. The topological polar surface area (TPSA) is 53.2 Å². The Morgan fingerprint density at radius 1 is 0.935 bits per heavy atom. The largest absolute Gasteiger partial charge is 0.361 e. The van der Waals surface area contributed by atoms with Crippen molar-refractivity contribution in [1.29, 1.82) is 0 Å². The first-order chi connectivity index (χ1) is 15.0. The summed E-state index contributed by atoms with van der Waals surface area (Å²) in [7, 11) is -3.74. The smallest absolute Gasteiger partial charge is 0.257 e. The normalized spacial score (nSPS) is 16.2. The quantitative estimate of drug-likeness (QED) is 0.364. The molecule has 4 nitrogen and oxygen atoms in total. The molecule has 2 heterocycles. The molecule has 31 heavy (non-hydrogen) atoms. The summed E-state index contributed by atoms with van der Waals surface area (Å²) in [6.07, 6.45) is 7.05. The average molecular weight is 491 g/mol. The lowest BCUT2D eigenvalue weighted by Gasteiger charge is -2.33. The summed E-state index contributed by atoms with van der Waals surface area (Å²) in [6, 6.07) is 22.9. The van der Waals surface area contributed by atoms with Crippen LogP contribution in [0.4, 0.5) is 0 Å². The fourth-order valence-electron chi connectivity index (χ4n) is 3.99. The van der Waals surface area contributed by atoms with Gasteiger partial charge in [0, 0.05) is 33.3 Å². The van der Waals surface area contributed by atoms with Crippen LogP contribution in [0.25, 0.3) is 23.1 Å². The number of sulfonamides is 1. The monoisotopic (exact) mass is 490 g/mol. The first-order valence-electron chi connectivity index (χ1n) is 9.83. The Kier molecular flexibility index (Phi) is 5.04. The fourth-order valence-corrected chi connectivity index (χ4v) is 5.63. The van der Waals surface area contributed by atoms with E-state index in [2.05, 4.69) is 20.9 Å². The molecule has 1 aliphatic rings. The van der Waals surface area contributed by atoms with Gasteiger partial charge in [-0.15, -0.1) is 0 Å². The van der Waals surface area contributed by atoms with E-state index in [9.17, 15) is 8.42 Å². The van der Waals surface area contributed by atoms with E-state index in [0.717, 1.165) is 37.6 Å². The lowest BCUT2D eigenvalue weighted by atomic mass is 9.92. The van der Waals surface area contributed by atoms with Crippen molar-refractivity contribution in [3.05, 3.63) is 117 Å². The van der Waals surface area contributed by atoms with Gasteiger partial charge in [0.05, 0.1) is 11.4 Å². The Hall–Kier alpha value is -3.09. The van der Waals surface area contributed by atoms with Crippen LogP contribution < -0.4 is 0 Å². The molecule has 154 valence electrons. The molecule has 1 atom stereocenters.